The molecule has 0 radical (unpaired) electrons. The molecule has 0 unspecified atom stereocenters. The molecule has 158 valence electrons. The largest absolute Gasteiger partial charge is 0.515 e. The van der Waals surface area contributed by atoms with E-state index in [2.05, 4.69) is 0 Å². The molecule has 0 amide bonds. The van der Waals surface area contributed by atoms with E-state index in [4.69, 9.17) is 0 Å². The van der Waals surface area contributed by atoms with Gasteiger partial charge in [0.2, 0.25) is 0 Å². The van der Waals surface area contributed by atoms with Crippen molar-refractivity contribution in [2.24, 2.45) is 0 Å². The van der Waals surface area contributed by atoms with Gasteiger partial charge in [-0.25, -0.2) is 0 Å². The number of hydrogen-bond acceptors (Lipinski definition) is 16. The fraction of sp³-hybridized carbons (Fsp3) is 1.00. The zero-order valence-corrected chi connectivity index (χ0v) is 20.7. The van der Waals surface area contributed by atoms with Crippen LogP contribution in [0.1, 0.15) is 26.7 Å². The summed E-state index contributed by atoms with van der Waals surface area (Å²) in [6, 6.07) is 0. The molecule has 0 aliphatic carbocycles. The van der Waals surface area contributed by atoms with E-state index in [-0.39, 0.29) is 21.6 Å². The lowest BCUT2D eigenvalue weighted by molar-refractivity contribution is 0.164. The number of rotatable bonds is 11. The van der Waals surface area contributed by atoms with Crippen molar-refractivity contribution in [3.05, 3.63) is 0 Å². The summed E-state index contributed by atoms with van der Waals surface area (Å²) in [5.41, 5.74) is 0. The summed E-state index contributed by atoms with van der Waals surface area (Å²) in [5.74, 6) is 0. The molecule has 0 atom stereocenters. The molecule has 0 bridgehead atoms. The van der Waals surface area contributed by atoms with Crippen molar-refractivity contribution in [1.29, 1.82) is 0 Å². The van der Waals surface area contributed by atoms with E-state index < -0.39 is 56.0 Å². The minimum atomic E-state index is -5.30. The molecule has 0 rings (SSSR count). The second kappa shape index (κ2) is 9.29. The molecular weight excluding hydrogens is 505 g/mol. The first-order chi connectivity index (χ1) is 11.3. The van der Waals surface area contributed by atoms with Gasteiger partial charge < -0.3 is 57.5 Å². The summed E-state index contributed by atoms with van der Waals surface area (Å²) in [7, 11) is -19.6. The zero-order valence-electron chi connectivity index (χ0n) is 13.4. The Balaban J connectivity index is 5.42. The quantitative estimate of drug-likeness (QED) is 0.0693. The highest BCUT2D eigenvalue weighted by molar-refractivity contribution is 9.26. The average molecular weight is 527 g/mol. The molecule has 0 aliphatic heterocycles. The Kier molecular flexibility index (Phi) is 9.93. The molecule has 12 nitrogen and oxygen atoms in total. The van der Waals surface area contributed by atoms with Gasteiger partial charge in [0.1, 0.15) is 0 Å². The van der Waals surface area contributed by atoms with Gasteiger partial charge in [-0.05, 0) is 32.5 Å². The molecule has 0 aromatic heterocycles. The van der Waals surface area contributed by atoms with Crippen molar-refractivity contribution in [2.75, 3.05) is 0 Å². The minimum Gasteiger partial charge on any atom is -0.389 e. The Labute approximate surface area is 168 Å². The van der Waals surface area contributed by atoms with Crippen molar-refractivity contribution in [3.63, 3.8) is 0 Å². The monoisotopic (exact) mass is 526 g/mol. The first-order valence-electron chi connectivity index (χ1n) is 6.71. The van der Waals surface area contributed by atoms with Crippen LogP contribution < -0.4 is 0 Å². The van der Waals surface area contributed by atoms with Crippen LogP contribution >= 0.6 is 41.2 Å². The Bertz CT molecular complexity index is 389. The van der Waals surface area contributed by atoms with Crippen LogP contribution in [0.5, 0.6) is 0 Å². The minimum absolute atomic E-state index is 0.279. The van der Waals surface area contributed by atoms with Crippen LogP contribution in [0.2, 0.25) is 0 Å². The molecule has 12 N–H and O–H groups in total. The topological polar surface area (TPSA) is 243 Å². The van der Waals surface area contributed by atoms with Crippen LogP contribution in [0.3, 0.4) is 0 Å². The maximum Gasteiger partial charge on any atom is 0.515 e. The van der Waals surface area contributed by atoms with Crippen molar-refractivity contribution in [1.82, 2.24) is 0 Å². The summed E-state index contributed by atoms with van der Waals surface area (Å²) in [6.07, 6.45) is -0.921. The van der Waals surface area contributed by atoms with Gasteiger partial charge in [-0.2, -0.15) is 0 Å². The summed E-state index contributed by atoms with van der Waals surface area (Å²) in [5, 5.41) is 0. The van der Waals surface area contributed by atoms with Crippen LogP contribution in [0.15, 0.2) is 0 Å². The van der Waals surface area contributed by atoms with E-state index in [0.717, 1.165) is 0 Å². The molecule has 26 heavy (non-hydrogen) atoms. The van der Waals surface area contributed by atoms with E-state index in [1.807, 2.05) is 0 Å². The van der Waals surface area contributed by atoms with Gasteiger partial charge in [0.15, 0.2) is 7.99 Å². The Morgan fingerprint density at radius 3 is 0.808 bits per heavy atom. The van der Waals surface area contributed by atoms with Gasteiger partial charge in [0, 0.05) is 0 Å². The van der Waals surface area contributed by atoms with E-state index >= 15 is 0 Å². The molecule has 0 heterocycles. The fourth-order valence-corrected chi connectivity index (χ4v) is 23.1. The second-order valence-corrected chi connectivity index (χ2v) is 22.4. The predicted molar refractivity (Wildman–Crippen MR) is 106 cm³/mol. The molecule has 0 spiro atoms. The summed E-state index contributed by atoms with van der Waals surface area (Å²) in [6.45, 7) is 2.49. The van der Waals surface area contributed by atoms with E-state index in [1.165, 1.54) is 13.8 Å². The van der Waals surface area contributed by atoms with Crippen LogP contribution in [0.4, 0.5) is 0 Å². The van der Waals surface area contributed by atoms with Crippen molar-refractivity contribution < 1.29 is 57.5 Å². The van der Waals surface area contributed by atoms with E-state index in [0.29, 0.717) is 19.7 Å². The van der Waals surface area contributed by atoms with Crippen LogP contribution in [-0.4, -0.2) is 101 Å². The lowest BCUT2D eigenvalue weighted by Gasteiger charge is -2.39. The predicted octanol–water partition coefficient (Wildman–Crippen LogP) is -4.22. The summed E-state index contributed by atoms with van der Waals surface area (Å²) in [4.78, 5) is 115. The van der Waals surface area contributed by atoms with Gasteiger partial charge >= 0.3 is 35.2 Å². The third-order valence-corrected chi connectivity index (χ3v) is 26.4. The summed E-state index contributed by atoms with van der Waals surface area (Å²) < 4.78 is -4.99. The van der Waals surface area contributed by atoms with E-state index in [1.54, 1.807) is 0 Å². The Morgan fingerprint density at radius 2 is 0.692 bits per heavy atom. The highest BCUT2D eigenvalue weighted by atomic mass is 33.7. The first-order valence-corrected chi connectivity index (χ1v) is 18.9. The van der Waals surface area contributed by atoms with Gasteiger partial charge in [-0.3, -0.25) is 0 Å². The highest BCUT2D eigenvalue weighted by Gasteiger charge is 2.71. The van der Waals surface area contributed by atoms with Crippen molar-refractivity contribution in [3.8, 4) is 0 Å². The highest BCUT2D eigenvalue weighted by Crippen LogP contribution is 2.58. The average Bonchev–Trinajstić information content (AvgIpc) is 2.37. The smallest absolute Gasteiger partial charge is 0.389 e. The fourth-order valence-electron chi connectivity index (χ4n) is 1.88. The standard InChI is InChI=1S/C6H22O12S4Si4/c1-3-5(23(7,8)9,24(10,11)12)19-21-22-20-6(4-2,25(13,14)15)26(16,17)18/h7-18H,3-4H2,1-2H3. The van der Waals surface area contributed by atoms with Crippen LogP contribution in [0.25, 0.3) is 0 Å². The van der Waals surface area contributed by atoms with Crippen LogP contribution in [0, 0.1) is 0 Å². The van der Waals surface area contributed by atoms with Crippen molar-refractivity contribution in [2.45, 2.75) is 34.7 Å². The maximum absolute atomic E-state index is 9.56. The normalized spacial score (nSPS) is 15.5. The SMILES string of the molecule is CCC(SSSSC(CC)([Si](O)(O)O)[Si](O)(O)O)([Si](O)(O)O)[Si](O)(O)O. The summed E-state index contributed by atoms with van der Waals surface area (Å²) >= 11 is 0. The molecule has 0 fully saturated rings. The zero-order chi connectivity index (χ0) is 21.2. The number of hydrogen-bond donors (Lipinski definition) is 12. The molecule has 0 aliphatic rings. The lowest BCUT2D eigenvalue weighted by Crippen LogP contribution is -2.73. The van der Waals surface area contributed by atoms with Gasteiger partial charge in [0.25, 0.3) is 0 Å². The third kappa shape index (κ3) is 5.69. The second-order valence-electron chi connectivity index (χ2n) is 5.21. The van der Waals surface area contributed by atoms with Crippen LogP contribution in [-0.2, 0) is 0 Å². The van der Waals surface area contributed by atoms with Gasteiger partial charge in [-0.1, -0.05) is 35.4 Å². The molecular formula is C6H22O12S4Si4. The molecule has 0 aromatic rings. The molecule has 0 aromatic carbocycles. The van der Waals surface area contributed by atoms with E-state index in [9.17, 15) is 57.5 Å². The van der Waals surface area contributed by atoms with Crippen molar-refractivity contribution >= 4 is 76.5 Å². The van der Waals surface area contributed by atoms with Gasteiger partial charge in [-0.15, -0.1) is 0 Å². The molecule has 0 saturated heterocycles. The molecule has 0 saturated carbocycles. The van der Waals surface area contributed by atoms with Gasteiger partial charge in [0.05, 0.1) is 0 Å². The lowest BCUT2D eigenvalue weighted by atomic mass is 10.6. The Hall–Kier alpha value is 1.79. The first kappa shape index (κ1) is 27.8. The third-order valence-electron chi connectivity index (χ3n) is 3.54. The maximum atomic E-state index is 9.56. The molecule has 20 heteroatoms. The Morgan fingerprint density at radius 1 is 0.500 bits per heavy atom.